The highest BCUT2D eigenvalue weighted by molar-refractivity contribution is 7.00. The van der Waals surface area contributed by atoms with Gasteiger partial charge in [-0.15, -0.1) is 0 Å². The van der Waals surface area contributed by atoms with Gasteiger partial charge in [-0.1, -0.05) is 392 Å². The molecule has 0 saturated heterocycles. The molecule has 3 heterocycles. The van der Waals surface area contributed by atoms with Crippen LogP contribution in [-0.4, -0.2) is 11.3 Å². The lowest BCUT2D eigenvalue weighted by atomic mass is 9.33. The summed E-state index contributed by atoms with van der Waals surface area (Å²) in [6.07, 6.45) is 0. The van der Waals surface area contributed by atoms with Crippen LogP contribution in [0.2, 0.25) is 0 Å². The highest BCUT2D eigenvalue weighted by Crippen LogP contribution is 2.58. The zero-order valence-electron chi connectivity index (χ0n) is 81.2. The SMILES string of the molecule is CC(C)(C)c1cc(-c2ccccc2)c(N2c3ccc(-c4cc5cc(C(C)(C)C)cc6ccc7cc(C(C)(C)C)cc4c7c65)cc3B3c4ccc(-n5c6ccc(C(C)(C)C)cc6c6cc(C(C)(C)C)ccc65)cc4N(c4c(-c5ccccc5)cc(C(C)(C)C)cc4-c4ccccc4)c4cc(N(c5ccc(-c6ccccc6)cc5)c5ccc(-c6ccccc6)cc5)cc2c43)c(-c2ccccc2)c1. The Morgan fingerprint density at radius 1 is 0.215 bits per heavy atom. The molecule has 0 amide bonds. The van der Waals surface area contributed by atoms with Gasteiger partial charge in [-0.05, 0) is 285 Å². The van der Waals surface area contributed by atoms with E-state index in [1.54, 1.807) is 0 Å². The second-order valence-corrected chi connectivity index (χ2v) is 44.2. The third kappa shape index (κ3) is 15.1. The van der Waals surface area contributed by atoms with Gasteiger partial charge >= 0.3 is 0 Å². The zero-order valence-corrected chi connectivity index (χ0v) is 81.2. The summed E-state index contributed by atoms with van der Waals surface area (Å²) >= 11 is 0. The van der Waals surface area contributed by atoms with Crippen LogP contribution in [0.15, 0.2) is 382 Å². The van der Waals surface area contributed by atoms with Crippen molar-refractivity contribution >= 4 is 128 Å². The fourth-order valence-corrected chi connectivity index (χ4v) is 21.4. The second-order valence-electron chi connectivity index (χ2n) is 44.2. The van der Waals surface area contributed by atoms with Gasteiger partial charge in [0.25, 0.3) is 6.71 Å². The topological polar surface area (TPSA) is 14.7 Å². The first-order chi connectivity index (χ1) is 64.7. The molecule has 4 nitrogen and oxygen atoms in total. The molecule has 5 heteroatoms. The Labute approximate surface area is 798 Å². The standard InChI is InChI=1S/C130H117BN4/c1-125(2,3)94-56-65-114-109(72-94)110-73-95(126(4,5)6)57-66-115(110)133(114)102-62-63-112-117(79-102)135(124-107(88-45-33-23-34-46-88)76-99(130(16,17)18)77-108(124)89-47-35-24-36-48-89)119-81-103(132(100-58-51-84(52-59-100)82-37-25-19-26-38-82)101-60-53-85(54-61-101)83-39-27-20-28-40-83)80-118-122(119)131(112)113-71-90(104-70-93-69-96(127(7,8)9)67-91-49-50-92-68-97(128(10,11)12)78-111(104)121(92)120(91)93)55-64-116(113)134(118)123-105(86-41-29-21-30-42-86)74-98(129(13,14)15)75-106(123)87-43-31-22-32-44-87/h19-81H,1-18H3. The lowest BCUT2D eigenvalue weighted by Crippen LogP contribution is -2.61. The van der Waals surface area contributed by atoms with Crippen LogP contribution < -0.4 is 31.1 Å². The van der Waals surface area contributed by atoms with E-state index in [0.29, 0.717) is 0 Å². The van der Waals surface area contributed by atoms with Crippen LogP contribution in [-0.2, 0) is 32.5 Å². The number of hydrogen-bond donors (Lipinski definition) is 0. The van der Waals surface area contributed by atoms with Gasteiger partial charge in [0.1, 0.15) is 0 Å². The highest BCUT2D eigenvalue weighted by Gasteiger charge is 2.47. The average Bonchev–Trinajstić information content (AvgIpc) is 1.35. The first-order valence-corrected chi connectivity index (χ1v) is 48.4. The summed E-state index contributed by atoms with van der Waals surface area (Å²) in [4.78, 5) is 8.09. The number of hydrogen-bond acceptors (Lipinski definition) is 3. The molecule has 2 aliphatic heterocycles. The molecule has 0 radical (unpaired) electrons. The Morgan fingerprint density at radius 2 is 0.563 bits per heavy atom. The van der Waals surface area contributed by atoms with Gasteiger partial charge in [-0.2, -0.15) is 0 Å². The van der Waals surface area contributed by atoms with Crippen LogP contribution in [0.25, 0.3) is 138 Å². The van der Waals surface area contributed by atoms with E-state index >= 15 is 0 Å². The summed E-state index contributed by atoms with van der Waals surface area (Å²) in [6.45, 7) is 42.2. The maximum absolute atomic E-state index is 2.78. The van der Waals surface area contributed by atoms with E-state index in [1.165, 1.54) is 98.4 Å². The van der Waals surface area contributed by atoms with E-state index in [2.05, 4.69) is 526 Å². The van der Waals surface area contributed by atoms with Crippen molar-refractivity contribution in [1.29, 1.82) is 0 Å². The molecule has 660 valence electrons. The zero-order chi connectivity index (χ0) is 93.3. The van der Waals surface area contributed by atoms with E-state index < -0.39 is 6.71 Å². The Kier molecular flexibility index (Phi) is 20.5. The molecule has 22 rings (SSSR count). The average molecular weight is 1750 g/mol. The van der Waals surface area contributed by atoms with Crippen molar-refractivity contribution < 1.29 is 0 Å². The summed E-state index contributed by atoms with van der Waals surface area (Å²) in [7, 11) is 0. The van der Waals surface area contributed by atoms with Crippen LogP contribution in [0, 0.1) is 0 Å². The summed E-state index contributed by atoms with van der Waals surface area (Å²) < 4.78 is 2.59. The van der Waals surface area contributed by atoms with Crippen LogP contribution >= 0.6 is 0 Å². The molecule has 2 aliphatic rings. The van der Waals surface area contributed by atoms with Gasteiger partial charge in [-0.25, -0.2) is 0 Å². The van der Waals surface area contributed by atoms with Crippen molar-refractivity contribution in [2.24, 2.45) is 0 Å². The third-order valence-corrected chi connectivity index (χ3v) is 28.9. The molecular formula is C130H117BN4. The van der Waals surface area contributed by atoms with Crippen LogP contribution in [0.3, 0.4) is 0 Å². The molecule has 0 spiro atoms. The number of nitrogens with zero attached hydrogens (tertiary/aromatic N) is 4. The monoisotopic (exact) mass is 1740 g/mol. The van der Waals surface area contributed by atoms with Gasteiger partial charge in [0.15, 0.2) is 0 Å². The van der Waals surface area contributed by atoms with Gasteiger partial charge < -0.3 is 19.3 Å². The van der Waals surface area contributed by atoms with Crippen molar-refractivity contribution in [3.05, 3.63) is 416 Å². The predicted molar refractivity (Wildman–Crippen MR) is 583 cm³/mol. The van der Waals surface area contributed by atoms with E-state index in [-0.39, 0.29) is 32.5 Å². The highest BCUT2D eigenvalue weighted by atomic mass is 15.2. The second kappa shape index (κ2) is 32.1. The number of aromatic nitrogens is 1. The van der Waals surface area contributed by atoms with E-state index in [9.17, 15) is 0 Å². The minimum absolute atomic E-state index is 0.109. The number of rotatable bonds is 13. The Hall–Kier alpha value is -14.5. The molecule has 19 aromatic carbocycles. The summed E-state index contributed by atoms with van der Waals surface area (Å²) in [5, 5.41) is 10.2. The molecule has 135 heavy (non-hydrogen) atoms. The molecular weight excluding hydrogens is 1630 g/mol. The number of benzene rings is 19. The first kappa shape index (κ1) is 85.9. The van der Waals surface area contributed by atoms with Crippen molar-refractivity contribution in [3.63, 3.8) is 0 Å². The summed E-state index contributed by atoms with van der Waals surface area (Å²) in [5.41, 5.74) is 39.2. The van der Waals surface area contributed by atoms with E-state index in [4.69, 9.17) is 0 Å². The van der Waals surface area contributed by atoms with E-state index in [0.717, 1.165) is 140 Å². The van der Waals surface area contributed by atoms with E-state index in [1.807, 2.05) is 0 Å². The first-order valence-electron chi connectivity index (χ1n) is 48.4. The number of fused-ring (bicyclic) bond motifs is 7. The smallest absolute Gasteiger partial charge is 0.252 e. The number of anilines is 9. The fraction of sp³-hybridized carbons (Fsp3) is 0.185. The van der Waals surface area contributed by atoms with Crippen molar-refractivity contribution in [2.45, 2.75) is 157 Å². The van der Waals surface area contributed by atoms with Gasteiger partial charge in [0, 0.05) is 72.8 Å². The molecule has 0 N–H and O–H groups in total. The normalized spacial score (nSPS) is 13.1. The Bertz CT molecular complexity index is 7750. The Balaban J connectivity index is 0.953. The van der Waals surface area contributed by atoms with Gasteiger partial charge in [-0.3, -0.25) is 0 Å². The third-order valence-electron chi connectivity index (χ3n) is 28.9. The lowest BCUT2D eigenvalue weighted by Gasteiger charge is -2.46. The largest absolute Gasteiger partial charge is 0.310 e. The molecule has 0 fully saturated rings. The van der Waals surface area contributed by atoms with Crippen LogP contribution in [0.4, 0.5) is 51.2 Å². The van der Waals surface area contributed by atoms with Crippen LogP contribution in [0.5, 0.6) is 0 Å². The minimum Gasteiger partial charge on any atom is -0.310 e. The van der Waals surface area contributed by atoms with Crippen molar-refractivity contribution in [2.75, 3.05) is 14.7 Å². The molecule has 0 atom stereocenters. The molecule has 0 saturated carbocycles. The fourth-order valence-electron chi connectivity index (χ4n) is 21.4. The lowest BCUT2D eigenvalue weighted by molar-refractivity contribution is 0.590. The quantitative estimate of drug-likeness (QED) is 0.0845. The molecule has 1 aromatic heterocycles. The van der Waals surface area contributed by atoms with Crippen molar-refractivity contribution in [1.82, 2.24) is 4.57 Å². The predicted octanol–water partition coefficient (Wildman–Crippen LogP) is 34.7. The van der Waals surface area contributed by atoms with Gasteiger partial charge in [0.2, 0.25) is 0 Å². The molecule has 20 aromatic rings. The maximum atomic E-state index is 2.78. The minimum atomic E-state index is -0.405. The summed E-state index contributed by atoms with van der Waals surface area (Å²) in [6, 6.07) is 148. The molecule has 0 unspecified atom stereocenters. The van der Waals surface area contributed by atoms with Crippen molar-refractivity contribution in [3.8, 4) is 83.6 Å². The summed E-state index contributed by atoms with van der Waals surface area (Å²) in [5.74, 6) is 0. The van der Waals surface area contributed by atoms with Gasteiger partial charge in [0.05, 0.1) is 28.1 Å². The maximum Gasteiger partial charge on any atom is 0.252 e. The van der Waals surface area contributed by atoms with Crippen LogP contribution in [0.1, 0.15) is 158 Å². The molecule has 0 bridgehead atoms. The molecule has 0 aliphatic carbocycles. The Morgan fingerprint density at radius 3 is 0.970 bits per heavy atom.